The van der Waals surface area contributed by atoms with Gasteiger partial charge in [0.1, 0.15) is 16.7 Å². The summed E-state index contributed by atoms with van der Waals surface area (Å²) in [4.78, 5) is 31.8. The van der Waals surface area contributed by atoms with E-state index in [4.69, 9.17) is 4.42 Å². The summed E-state index contributed by atoms with van der Waals surface area (Å²) in [7, 11) is 1.61. The van der Waals surface area contributed by atoms with Crippen LogP contribution in [0.2, 0.25) is 0 Å². The van der Waals surface area contributed by atoms with Crippen LogP contribution in [0.4, 0.5) is 0 Å². The zero-order chi connectivity index (χ0) is 17.3. The molecular weight excluding hydrogens is 326 g/mol. The van der Waals surface area contributed by atoms with Crippen LogP contribution in [0.3, 0.4) is 0 Å². The molecule has 0 saturated carbocycles. The molecule has 2 amide bonds. The highest BCUT2D eigenvalue weighted by molar-refractivity contribution is 7.17. The largest absolute Gasteiger partial charge is 0.459 e. The summed E-state index contributed by atoms with van der Waals surface area (Å²) in [6.45, 7) is 4.29. The third-order valence-corrected chi connectivity index (χ3v) is 5.41. The highest BCUT2D eigenvalue weighted by atomic mass is 32.1. The molecular formula is C17H21N3O3S. The van der Waals surface area contributed by atoms with Gasteiger partial charge in [0.05, 0.1) is 5.69 Å². The molecule has 7 heteroatoms. The van der Waals surface area contributed by atoms with Gasteiger partial charge >= 0.3 is 0 Å². The first kappa shape index (κ1) is 16.7. The Morgan fingerprint density at radius 1 is 1.33 bits per heavy atom. The number of aromatic nitrogens is 1. The molecule has 1 N–H and O–H groups in total. The fourth-order valence-electron chi connectivity index (χ4n) is 2.99. The smallest absolute Gasteiger partial charge is 0.266 e. The Bertz CT molecular complexity index is 765. The number of nitrogens with zero attached hydrogens (tertiary/aromatic N) is 2. The summed E-state index contributed by atoms with van der Waals surface area (Å²) >= 11 is 1.32. The maximum absolute atomic E-state index is 13.0. The number of likely N-dealkylation sites (N-methyl/N-ethyl adjacent to an activating group) is 1. The molecule has 1 saturated heterocycles. The van der Waals surface area contributed by atoms with Gasteiger partial charge in [0.15, 0.2) is 10.8 Å². The lowest BCUT2D eigenvalue weighted by molar-refractivity contribution is -0.126. The summed E-state index contributed by atoms with van der Waals surface area (Å²) in [5, 5.41) is 3.35. The minimum Gasteiger partial charge on any atom is -0.459 e. The van der Waals surface area contributed by atoms with E-state index in [2.05, 4.69) is 10.3 Å². The molecule has 1 aliphatic heterocycles. The van der Waals surface area contributed by atoms with E-state index >= 15 is 0 Å². The number of piperidine rings is 1. The normalized spacial score (nSPS) is 17.8. The van der Waals surface area contributed by atoms with E-state index in [1.165, 1.54) is 11.3 Å². The summed E-state index contributed by atoms with van der Waals surface area (Å²) in [5.41, 5.74) is 0.676. The third-order valence-electron chi connectivity index (χ3n) is 4.25. The molecule has 6 nitrogen and oxygen atoms in total. The zero-order valence-electron chi connectivity index (χ0n) is 14.1. The van der Waals surface area contributed by atoms with Gasteiger partial charge in [0, 0.05) is 13.6 Å². The Hall–Kier alpha value is -2.15. The van der Waals surface area contributed by atoms with E-state index in [1.54, 1.807) is 11.9 Å². The van der Waals surface area contributed by atoms with E-state index in [-0.39, 0.29) is 11.8 Å². The van der Waals surface area contributed by atoms with Gasteiger partial charge in [0.2, 0.25) is 5.91 Å². The number of carbonyl (C=O) groups excluding carboxylic acids is 2. The van der Waals surface area contributed by atoms with Gasteiger partial charge in [-0.25, -0.2) is 4.98 Å². The standard InChI is InChI=1S/C17H21N3O3S/c1-10-7-8-13(23-10)16-19-11(2)14(24-16)17(22)20-9-5-4-6-12(20)15(21)18-3/h7-8,12H,4-6,9H2,1-3H3,(H,18,21)/t12-/m0/s1. The van der Waals surface area contributed by atoms with Gasteiger partial charge in [0.25, 0.3) is 5.91 Å². The van der Waals surface area contributed by atoms with Crippen LogP contribution < -0.4 is 5.32 Å². The highest BCUT2D eigenvalue weighted by Crippen LogP contribution is 2.31. The number of likely N-dealkylation sites (tertiary alicyclic amines) is 1. The van der Waals surface area contributed by atoms with Crippen molar-refractivity contribution >= 4 is 23.2 Å². The van der Waals surface area contributed by atoms with Crippen LogP contribution in [0.15, 0.2) is 16.5 Å². The molecule has 1 atom stereocenters. The van der Waals surface area contributed by atoms with Crippen molar-refractivity contribution in [2.75, 3.05) is 13.6 Å². The Labute approximate surface area is 144 Å². The minimum atomic E-state index is -0.396. The fraction of sp³-hybridized carbons (Fsp3) is 0.471. The molecule has 1 fully saturated rings. The quantitative estimate of drug-likeness (QED) is 0.926. The first-order valence-corrected chi connectivity index (χ1v) is 8.89. The average molecular weight is 347 g/mol. The van der Waals surface area contributed by atoms with Crippen molar-refractivity contribution in [3.63, 3.8) is 0 Å². The number of nitrogens with one attached hydrogen (secondary N) is 1. The fourth-order valence-corrected chi connectivity index (χ4v) is 3.98. The van der Waals surface area contributed by atoms with Crippen LogP contribution in [0.1, 0.15) is 40.4 Å². The van der Waals surface area contributed by atoms with Gasteiger partial charge in [-0.1, -0.05) is 0 Å². The molecule has 3 rings (SSSR count). The van der Waals surface area contributed by atoms with Crippen LogP contribution in [0.25, 0.3) is 10.8 Å². The van der Waals surface area contributed by atoms with Gasteiger partial charge in [-0.05, 0) is 45.2 Å². The van der Waals surface area contributed by atoms with Crippen molar-refractivity contribution in [2.45, 2.75) is 39.2 Å². The van der Waals surface area contributed by atoms with Crippen molar-refractivity contribution < 1.29 is 14.0 Å². The number of hydrogen-bond acceptors (Lipinski definition) is 5. The van der Waals surface area contributed by atoms with E-state index in [9.17, 15) is 9.59 Å². The number of rotatable bonds is 3. The SMILES string of the molecule is CNC(=O)[C@@H]1CCCCN1C(=O)c1sc(-c2ccc(C)o2)nc1C. The number of hydrogen-bond donors (Lipinski definition) is 1. The second-order valence-corrected chi connectivity index (χ2v) is 6.97. The van der Waals surface area contributed by atoms with E-state index in [0.29, 0.717) is 34.3 Å². The lowest BCUT2D eigenvalue weighted by Gasteiger charge is -2.34. The van der Waals surface area contributed by atoms with E-state index in [1.807, 2.05) is 26.0 Å². The number of carbonyl (C=O) groups is 2. The van der Waals surface area contributed by atoms with Crippen molar-refractivity contribution in [1.29, 1.82) is 0 Å². The summed E-state index contributed by atoms with van der Waals surface area (Å²) in [6, 6.07) is 3.34. The first-order chi connectivity index (χ1) is 11.5. The topological polar surface area (TPSA) is 75.4 Å². The summed E-state index contributed by atoms with van der Waals surface area (Å²) in [6.07, 6.45) is 2.58. The summed E-state index contributed by atoms with van der Waals surface area (Å²) in [5.74, 6) is 1.25. The van der Waals surface area contributed by atoms with Crippen molar-refractivity contribution in [2.24, 2.45) is 0 Å². The molecule has 0 aliphatic carbocycles. The molecule has 0 bridgehead atoms. The Kier molecular flexibility index (Phi) is 4.71. The Morgan fingerprint density at radius 3 is 2.79 bits per heavy atom. The third kappa shape index (κ3) is 3.08. The molecule has 0 spiro atoms. The van der Waals surface area contributed by atoms with Crippen molar-refractivity contribution in [3.05, 3.63) is 28.5 Å². The first-order valence-electron chi connectivity index (χ1n) is 8.08. The minimum absolute atomic E-state index is 0.105. The number of amides is 2. The van der Waals surface area contributed by atoms with Gasteiger partial charge < -0.3 is 14.6 Å². The van der Waals surface area contributed by atoms with Gasteiger partial charge in [-0.2, -0.15) is 0 Å². The zero-order valence-corrected chi connectivity index (χ0v) is 14.9. The predicted octanol–water partition coefficient (Wildman–Crippen LogP) is 2.76. The maximum atomic E-state index is 13.0. The van der Waals surface area contributed by atoms with Crippen LogP contribution in [-0.4, -0.2) is 41.3 Å². The molecule has 0 aromatic carbocycles. The Balaban J connectivity index is 1.89. The molecule has 1 aliphatic rings. The molecule has 0 unspecified atom stereocenters. The molecule has 2 aromatic heterocycles. The van der Waals surface area contributed by atoms with Gasteiger partial charge in [-0.3, -0.25) is 9.59 Å². The highest BCUT2D eigenvalue weighted by Gasteiger charge is 2.33. The van der Waals surface area contributed by atoms with Crippen molar-refractivity contribution in [3.8, 4) is 10.8 Å². The van der Waals surface area contributed by atoms with Crippen LogP contribution >= 0.6 is 11.3 Å². The van der Waals surface area contributed by atoms with Crippen molar-refractivity contribution in [1.82, 2.24) is 15.2 Å². The number of aryl methyl sites for hydroxylation is 2. The molecule has 3 heterocycles. The summed E-state index contributed by atoms with van der Waals surface area (Å²) < 4.78 is 5.60. The molecule has 0 radical (unpaired) electrons. The van der Waals surface area contributed by atoms with Crippen LogP contribution in [-0.2, 0) is 4.79 Å². The second kappa shape index (κ2) is 6.76. The van der Waals surface area contributed by atoms with E-state index < -0.39 is 6.04 Å². The predicted molar refractivity (Wildman–Crippen MR) is 92.0 cm³/mol. The van der Waals surface area contributed by atoms with Crippen LogP contribution in [0, 0.1) is 13.8 Å². The molecule has 24 heavy (non-hydrogen) atoms. The lowest BCUT2D eigenvalue weighted by Crippen LogP contribution is -2.51. The van der Waals surface area contributed by atoms with Crippen LogP contribution in [0.5, 0.6) is 0 Å². The van der Waals surface area contributed by atoms with E-state index in [0.717, 1.165) is 18.6 Å². The monoisotopic (exact) mass is 347 g/mol. The maximum Gasteiger partial charge on any atom is 0.266 e. The molecule has 2 aromatic rings. The lowest BCUT2D eigenvalue weighted by atomic mass is 10.0. The number of furan rings is 1. The Morgan fingerprint density at radius 2 is 2.12 bits per heavy atom. The number of thiazole rings is 1. The average Bonchev–Trinajstić information content (AvgIpc) is 3.19. The van der Waals surface area contributed by atoms with Gasteiger partial charge in [-0.15, -0.1) is 11.3 Å². The molecule has 128 valence electrons. The second-order valence-electron chi connectivity index (χ2n) is 5.97.